The molecular formula is C18H22ClN3O2. The predicted octanol–water partition coefficient (Wildman–Crippen LogP) is 3.97. The number of anilines is 1. The van der Waals surface area contributed by atoms with E-state index in [1.807, 2.05) is 38.1 Å². The molecule has 0 saturated carbocycles. The summed E-state index contributed by atoms with van der Waals surface area (Å²) in [6, 6.07) is 7.82. The van der Waals surface area contributed by atoms with E-state index in [0.29, 0.717) is 5.15 Å². The lowest BCUT2D eigenvalue weighted by Crippen LogP contribution is -2.41. The first-order valence-electron chi connectivity index (χ1n) is 8.26. The van der Waals surface area contributed by atoms with Gasteiger partial charge in [0.1, 0.15) is 17.1 Å². The third kappa shape index (κ3) is 4.29. The Morgan fingerprint density at radius 1 is 1.21 bits per heavy atom. The third-order valence-electron chi connectivity index (χ3n) is 3.80. The molecule has 0 aliphatic carbocycles. The van der Waals surface area contributed by atoms with E-state index in [-0.39, 0.29) is 12.2 Å². The molecule has 6 heteroatoms. The van der Waals surface area contributed by atoms with Gasteiger partial charge in [-0.1, -0.05) is 23.7 Å². The largest absolute Gasteiger partial charge is 0.487 e. The van der Waals surface area contributed by atoms with Crippen molar-refractivity contribution in [2.75, 3.05) is 18.0 Å². The van der Waals surface area contributed by atoms with Crippen LogP contribution in [0.5, 0.6) is 11.5 Å². The Bertz CT molecular complexity index is 681. The number of benzene rings is 1. The van der Waals surface area contributed by atoms with Gasteiger partial charge in [0.25, 0.3) is 0 Å². The molecule has 0 bridgehead atoms. The standard InChI is InChI=1S/C18H22ClN3O2/c1-13(2)23-15-7-3-4-8-16(15)24-14-6-5-9-22(12-14)18-11-20-10-17(19)21-18/h3-4,7-8,10-11,13-14H,5-6,9,12H2,1-2H3. The highest BCUT2D eigenvalue weighted by Gasteiger charge is 2.23. The van der Waals surface area contributed by atoms with Crippen molar-refractivity contribution in [3.05, 3.63) is 41.8 Å². The highest BCUT2D eigenvalue weighted by atomic mass is 35.5. The quantitative estimate of drug-likeness (QED) is 0.819. The fourth-order valence-corrected chi connectivity index (χ4v) is 2.95. The second kappa shape index (κ2) is 7.71. The molecule has 1 aromatic heterocycles. The van der Waals surface area contributed by atoms with Crippen LogP contribution in [-0.4, -0.2) is 35.3 Å². The van der Waals surface area contributed by atoms with Crippen LogP contribution in [0, 0.1) is 0 Å². The van der Waals surface area contributed by atoms with E-state index in [1.165, 1.54) is 0 Å². The zero-order chi connectivity index (χ0) is 16.9. The summed E-state index contributed by atoms with van der Waals surface area (Å²) in [7, 11) is 0. The van der Waals surface area contributed by atoms with Gasteiger partial charge in [0.2, 0.25) is 0 Å². The summed E-state index contributed by atoms with van der Waals surface area (Å²) in [4.78, 5) is 10.6. The minimum atomic E-state index is 0.0800. The fourth-order valence-electron chi connectivity index (χ4n) is 2.81. The van der Waals surface area contributed by atoms with Crippen LogP contribution in [0.4, 0.5) is 5.82 Å². The summed E-state index contributed by atoms with van der Waals surface area (Å²) < 4.78 is 12.1. The van der Waals surface area contributed by atoms with Crippen molar-refractivity contribution in [2.24, 2.45) is 0 Å². The normalized spacial score (nSPS) is 17.8. The van der Waals surface area contributed by atoms with Crippen molar-refractivity contribution >= 4 is 17.4 Å². The molecule has 24 heavy (non-hydrogen) atoms. The lowest BCUT2D eigenvalue weighted by atomic mass is 10.1. The fraction of sp³-hybridized carbons (Fsp3) is 0.444. The maximum atomic E-state index is 6.22. The van der Waals surface area contributed by atoms with E-state index in [2.05, 4.69) is 14.9 Å². The summed E-state index contributed by atoms with van der Waals surface area (Å²) in [5.41, 5.74) is 0. The van der Waals surface area contributed by atoms with Gasteiger partial charge >= 0.3 is 0 Å². The molecule has 0 radical (unpaired) electrons. The van der Waals surface area contributed by atoms with Gasteiger partial charge in [0, 0.05) is 6.54 Å². The van der Waals surface area contributed by atoms with E-state index < -0.39 is 0 Å². The van der Waals surface area contributed by atoms with Crippen LogP contribution in [0.15, 0.2) is 36.7 Å². The van der Waals surface area contributed by atoms with Gasteiger partial charge in [-0.05, 0) is 38.8 Å². The van der Waals surface area contributed by atoms with E-state index >= 15 is 0 Å². The number of nitrogens with zero attached hydrogens (tertiary/aromatic N) is 3. The van der Waals surface area contributed by atoms with Crippen LogP contribution < -0.4 is 14.4 Å². The molecule has 1 atom stereocenters. The van der Waals surface area contributed by atoms with Crippen molar-refractivity contribution < 1.29 is 9.47 Å². The Morgan fingerprint density at radius 3 is 2.75 bits per heavy atom. The lowest BCUT2D eigenvalue weighted by molar-refractivity contribution is 0.161. The number of rotatable bonds is 5. The summed E-state index contributed by atoms with van der Waals surface area (Å²) in [6.45, 7) is 5.71. The zero-order valence-corrected chi connectivity index (χ0v) is 14.7. The molecule has 1 aromatic carbocycles. The van der Waals surface area contributed by atoms with Crippen molar-refractivity contribution in [3.63, 3.8) is 0 Å². The van der Waals surface area contributed by atoms with Crippen LogP contribution in [0.1, 0.15) is 26.7 Å². The maximum absolute atomic E-state index is 6.22. The van der Waals surface area contributed by atoms with Gasteiger partial charge in [-0.2, -0.15) is 0 Å². The number of hydrogen-bond acceptors (Lipinski definition) is 5. The first-order valence-corrected chi connectivity index (χ1v) is 8.64. The van der Waals surface area contributed by atoms with Crippen LogP contribution in [0.25, 0.3) is 0 Å². The number of aromatic nitrogens is 2. The minimum Gasteiger partial charge on any atom is -0.487 e. The zero-order valence-electron chi connectivity index (χ0n) is 14.0. The topological polar surface area (TPSA) is 47.5 Å². The smallest absolute Gasteiger partial charge is 0.161 e. The molecule has 1 unspecified atom stereocenters. The molecule has 0 spiro atoms. The lowest BCUT2D eigenvalue weighted by Gasteiger charge is -2.33. The Hall–Kier alpha value is -2.01. The third-order valence-corrected chi connectivity index (χ3v) is 3.98. The number of halogens is 1. The van der Waals surface area contributed by atoms with Gasteiger partial charge in [0.15, 0.2) is 11.5 Å². The number of para-hydroxylation sites is 2. The summed E-state index contributed by atoms with van der Waals surface area (Å²) >= 11 is 5.95. The highest BCUT2D eigenvalue weighted by molar-refractivity contribution is 6.29. The van der Waals surface area contributed by atoms with Crippen LogP contribution >= 0.6 is 11.6 Å². The summed E-state index contributed by atoms with van der Waals surface area (Å²) in [5, 5.41) is 0.409. The van der Waals surface area contributed by atoms with Gasteiger partial charge in [-0.3, -0.25) is 4.98 Å². The van der Waals surface area contributed by atoms with Gasteiger partial charge in [0.05, 0.1) is 25.0 Å². The van der Waals surface area contributed by atoms with Crippen molar-refractivity contribution in [1.82, 2.24) is 9.97 Å². The van der Waals surface area contributed by atoms with Crippen LogP contribution in [0.2, 0.25) is 5.15 Å². The first-order chi connectivity index (χ1) is 11.6. The van der Waals surface area contributed by atoms with Crippen molar-refractivity contribution in [1.29, 1.82) is 0 Å². The molecular weight excluding hydrogens is 326 g/mol. The summed E-state index contributed by atoms with van der Waals surface area (Å²) in [5.74, 6) is 2.37. The molecule has 3 rings (SSSR count). The molecule has 1 aliphatic rings. The van der Waals surface area contributed by atoms with E-state index in [1.54, 1.807) is 12.4 Å². The molecule has 128 valence electrons. The van der Waals surface area contributed by atoms with Crippen molar-refractivity contribution in [3.8, 4) is 11.5 Å². The van der Waals surface area contributed by atoms with E-state index in [0.717, 1.165) is 43.2 Å². The molecule has 1 saturated heterocycles. The first kappa shape index (κ1) is 16.8. The Labute approximate surface area is 147 Å². The molecule has 0 N–H and O–H groups in total. The van der Waals surface area contributed by atoms with E-state index in [4.69, 9.17) is 21.1 Å². The second-order valence-corrected chi connectivity index (χ2v) is 6.53. The molecule has 1 fully saturated rings. The van der Waals surface area contributed by atoms with Crippen LogP contribution in [-0.2, 0) is 0 Å². The maximum Gasteiger partial charge on any atom is 0.161 e. The average Bonchev–Trinajstić information content (AvgIpc) is 2.56. The van der Waals surface area contributed by atoms with Crippen molar-refractivity contribution in [2.45, 2.75) is 38.9 Å². The Balaban J connectivity index is 1.70. The Kier molecular flexibility index (Phi) is 5.41. The monoisotopic (exact) mass is 347 g/mol. The van der Waals surface area contributed by atoms with Gasteiger partial charge < -0.3 is 14.4 Å². The highest BCUT2D eigenvalue weighted by Crippen LogP contribution is 2.30. The number of hydrogen-bond donors (Lipinski definition) is 0. The predicted molar refractivity (Wildman–Crippen MR) is 95.1 cm³/mol. The summed E-state index contributed by atoms with van der Waals surface area (Å²) in [6.07, 6.45) is 5.51. The SMILES string of the molecule is CC(C)Oc1ccccc1OC1CCCN(c2cncc(Cl)n2)C1. The minimum absolute atomic E-state index is 0.0800. The van der Waals surface area contributed by atoms with Gasteiger partial charge in [-0.15, -0.1) is 0 Å². The number of ether oxygens (including phenoxy) is 2. The van der Waals surface area contributed by atoms with E-state index in [9.17, 15) is 0 Å². The Morgan fingerprint density at radius 2 is 2.00 bits per heavy atom. The molecule has 2 aromatic rings. The molecule has 2 heterocycles. The average molecular weight is 348 g/mol. The molecule has 0 amide bonds. The number of piperidine rings is 1. The second-order valence-electron chi connectivity index (χ2n) is 6.14. The van der Waals surface area contributed by atoms with Gasteiger partial charge in [-0.25, -0.2) is 4.98 Å². The van der Waals surface area contributed by atoms with Crippen LogP contribution in [0.3, 0.4) is 0 Å². The molecule has 1 aliphatic heterocycles. The molecule has 5 nitrogen and oxygen atoms in total.